The molecule has 2 aromatic heterocycles. The molecule has 1 aliphatic heterocycles. The van der Waals surface area contributed by atoms with Gasteiger partial charge in [-0.1, -0.05) is 0 Å². The Bertz CT molecular complexity index is 692. The van der Waals surface area contributed by atoms with Gasteiger partial charge in [0.2, 0.25) is 0 Å². The lowest BCUT2D eigenvalue weighted by Gasteiger charge is -2.24. The van der Waals surface area contributed by atoms with Gasteiger partial charge in [0, 0.05) is 18.4 Å². The minimum absolute atomic E-state index is 0.183. The summed E-state index contributed by atoms with van der Waals surface area (Å²) in [5.41, 5.74) is 2.58. The highest BCUT2D eigenvalue weighted by Gasteiger charge is 2.24. The molecule has 1 aliphatic rings. The average Bonchev–Trinajstić information content (AvgIpc) is 3.01. The molecule has 1 saturated heterocycles. The summed E-state index contributed by atoms with van der Waals surface area (Å²) in [6.45, 7) is 4.68. The lowest BCUT2D eigenvalue weighted by Crippen LogP contribution is -2.20. The van der Waals surface area contributed by atoms with Crippen LogP contribution in [0.5, 0.6) is 0 Å². The van der Waals surface area contributed by atoms with Crippen molar-refractivity contribution < 1.29 is 14.3 Å². The first-order valence-electron chi connectivity index (χ1n) is 7.86. The molecule has 0 aromatic carbocycles. The number of aryl methyl sites for hydroxylation is 1. The maximum absolute atomic E-state index is 12.0. The maximum Gasteiger partial charge on any atom is 0.358 e. The highest BCUT2D eigenvalue weighted by Crippen LogP contribution is 2.28. The predicted molar refractivity (Wildman–Crippen MR) is 82.8 cm³/mol. The van der Waals surface area contributed by atoms with Crippen LogP contribution in [0, 0.1) is 6.92 Å². The van der Waals surface area contributed by atoms with Gasteiger partial charge in [-0.2, -0.15) is 5.10 Å². The third kappa shape index (κ3) is 3.39. The summed E-state index contributed by atoms with van der Waals surface area (Å²) in [5.74, 6) is -0.436. The molecule has 3 heterocycles. The fourth-order valence-corrected chi connectivity index (χ4v) is 2.62. The molecule has 1 atom stereocenters. The van der Waals surface area contributed by atoms with Crippen LogP contribution in [0.25, 0.3) is 11.4 Å². The normalized spacial score (nSPS) is 17.9. The zero-order chi connectivity index (χ0) is 16.2. The van der Waals surface area contributed by atoms with Gasteiger partial charge in [0.15, 0.2) is 11.9 Å². The lowest BCUT2D eigenvalue weighted by molar-refractivity contribution is -0.0386. The number of rotatable bonds is 4. The molecule has 1 unspecified atom stereocenters. The quantitative estimate of drug-likeness (QED) is 0.806. The first kappa shape index (κ1) is 15.6. The minimum atomic E-state index is -0.436. The Morgan fingerprint density at radius 1 is 1.39 bits per heavy atom. The summed E-state index contributed by atoms with van der Waals surface area (Å²) < 4.78 is 12.6. The van der Waals surface area contributed by atoms with Crippen molar-refractivity contribution in [3.63, 3.8) is 0 Å². The maximum atomic E-state index is 12.0. The highest BCUT2D eigenvalue weighted by molar-refractivity contribution is 5.88. The van der Waals surface area contributed by atoms with Gasteiger partial charge in [0.05, 0.1) is 18.0 Å². The summed E-state index contributed by atoms with van der Waals surface area (Å²) >= 11 is 0. The van der Waals surface area contributed by atoms with Crippen LogP contribution >= 0.6 is 0 Å². The summed E-state index contributed by atoms with van der Waals surface area (Å²) in [7, 11) is 0. The second kappa shape index (κ2) is 6.87. The van der Waals surface area contributed by atoms with Gasteiger partial charge in [-0.25, -0.2) is 19.4 Å². The zero-order valence-corrected chi connectivity index (χ0v) is 13.4. The predicted octanol–water partition coefficient (Wildman–Crippen LogP) is 2.52. The molecule has 0 bridgehead atoms. The molecule has 3 rings (SSSR count). The van der Waals surface area contributed by atoms with Crippen LogP contribution in [0.15, 0.2) is 18.5 Å². The number of hydrogen-bond acceptors (Lipinski definition) is 6. The Morgan fingerprint density at radius 3 is 2.96 bits per heavy atom. The second-order valence-electron chi connectivity index (χ2n) is 5.45. The van der Waals surface area contributed by atoms with Gasteiger partial charge in [0.25, 0.3) is 0 Å². The number of aromatic nitrogens is 4. The van der Waals surface area contributed by atoms with Crippen molar-refractivity contribution in [3.05, 3.63) is 29.8 Å². The molecule has 0 radical (unpaired) electrons. The Balaban J connectivity index is 2.02. The summed E-state index contributed by atoms with van der Waals surface area (Å²) in [5, 5.41) is 4.42. The molecule has 7 nitrogen and oxygen atoms in total. The van der Waals surface area contributed by atoms with Crippen molar-refractivity contribution in [1.82, 2.24) is 19.7 Å². The molecule has 2 aromatic rings. The lowest BCUT2D eigenvalue weighted by atomic mass is 10.2. The van der Waals surface area contributed by atoms with Crippen molar-refractivity contribution in [1.29, 1.82) is 0 Å². The topological polar surface area (TPSA) is 79.1 Å². The van der Waals surface area contributed by atoms with Gasteiger partial charge in [-0.15, -0.1) is 0 Å². The molecular weight excluding hydrogens is 296 g/mol. The standard InChI is InChI=1S/C16H20N4O3/c1-3-22-16(21)13-9-14(12-8-11(2)17-10-18-12)20(19-13)15-6-4-5-7-23-15/h8-10,15H,3-7H2,1-2H3. The Hall–Kier alpha value is -2.28. The molecule has 7 heteroatoms. The SMILES string of the molecule is CCOC(=O)c1cc(-c2cc(C)ncn2)n(C2CCCCO2)n1. The van der Waals surface area contributed by atoms with Crippen molar-refractivity contribution in [2.24, 2.45) is 0 Å². The molecule has 0 saturated carbocycles. The Labute approximate surface area is 134 Å². The molecule has 0 N–H and O–H groups in total. The van der Waals surface area contributed by atoms with Crippen LogP contribution in [0.1, 0.15) is 48.6 Å². The van der Waals surface area contributed by atoms with E-state index in [-0.39, 0.29) is 11.9 Å². The van der Waals surface area contributed by atoms with E-state index >= 15 is 0 Å². The molecule has 23 heavy (non-hydrogen) atoms. The van der Waals surface area contributed by atoms with Gasteiger partial charge in [-0.05, 0) is 39.2 Å². The van der Waals surface area contributed by atoms with Crippen LogP contribution in [0.3, 0.4) is 0 Å². The number of esters is 1. The van der Waals surface area contributed by atoms with Gasteiger partial charge in [0.1, 0.15) is 6.33 Å². The van der Waals surface area contributed by atoms with E-state index in [2.05, 4.69) is 15.1 Å². The van der Waals surface area contributed by atoms with Crippen molar-refractivity contribution >= 4 is 5.97 Å². The van der Waals surface area contributed by atoms with E-state index in [1.807, 2.05) is 13.0 Å². The minimum Gasteiger partial charge on any atom is -0.461 e. The number of ether oxygens (including phenoxy) is 2. The molecule has 1 fully saturated rings. The number of nitrogens with zero attached hydrogens (tertiary/aromatic N) is 4. The number of hydrogen-bond donors (Lipinski definition) is 0. The van der Waals surface area contributed by atoms with Crippen molar-refractivity contribution in [2.75, 3.05) is 13.2 Å². The third-order valence-electron chi connectivity index (χ3n) is 3.71. The first-order valence-corrected chi connectivity index (χ1v) is 7.86. The average molecular weight is 316 g/mol. The summed E-state index contributed by atoms with van der Waals surface area (Å²) in [6.07, 6.45) is 4.30. The van der Waals surface area contributed by atoms with Crippen LogP contribution in [-0.4, -0.2) is 38.9 Å². The van der Waals surface area contributed by atoms with Gasteiger partial charge in [-0.3, -0.25) is 0 Å². The van der Waals surface area contributed by atoms with E-state index in [1.54, 1.807) is 17.7 Å². The third-order valence-corrected chi connectivity index (χ3v) is 3.71. The van der Waals surface area contributed by atoms with E-state index in [1.165, 1.54) is 6.33 Å². The van der Waals surface area contributed by atoms with Crippen LogP contribution in [-0.2, 0) is 9.47 Å². The number of carbonyl (C=O) groups is 1. The molecule has 0 spiro atoms. The van der Waals surface area contributed by atoms with Crippen LogP contribution in [0.4, 0.5) is 0 Å². The van der Waals surface area contributed by atoms with E-state index in [0.717, 1.165) is 36.3 Å². The Morgan fingerprint density at radius 2 is 2.26 bits per heavy atom. The smallest absolute Gasteiger partial charge is 0.358 e. The van der Waals surface area contributed by atoms with Crippen LogP contribution in [0.2, 0.25) is 0 Å². The molecule has 0 amide bonds. The van der Waals surface area contributed by atoms with E-state index in [4.69, 9.17) is 9.47 Å². The molecule has 122 valence electrons. The fourth-order valence-electron chi connectivity index (χ4n) is 2.62. The molecule has 0 aliphatic carbocycles. The molecular formula is C16H20N4O3. The fraction of sp³-hybridized carbons (Fsp3) is 0.500. The van der Waals surface area contributed by atoms with E-state index < -0.39 is 5.97 Å². The second-order valence-corrected chi connectivity index (χ2v) is 5.45. The Kier molecular flexibility index (Phi) is 4.66. The largest absolute Gasteiger partial charge is 0.461 e. The van der Waals surface area contributed by atoms with E-state index in [0.29, 0.717) is 13.2 Å². The van der Waals surface area contributed by atoms with Gasteiger partial charge >= 0.3 is 5.97 Å². The summed E-state index contributed by atoms with van der Waals surface area (Å²) in [6, 6.07) is 3.57. The van der Waals surface area contributed by atoms with Crippen LogP contribution < -0.4 is 0 Å². The highest BCUT2D eigenvalue weighted by atomic mass is 16.5. The zero-order valence-electron chi connectivity index (χ0n) is 13.4. The van der Waals surface area contributed by atoms with Gasteiger partial charge < -0.3 is 9.47 Å². The monoisotopic (exact) mass is 316 g/mol. The first-order chi connectivity index (χ1) is 11.2. The number of carbonyl (C=O) groups excluding carboxylic acids is 1. The van der Waals surface area contributed by atoms with E-state index in [9.17, 15) is 4.79 Å². The van der Waals surface area contributed by atoms with Crippen molar-refractivity contribution in [3.8, 4) is 11.4 Å². The summed E-state index contributed by atoms with van der Waals surface area (Å²) in [4.78, 5) is 20.4. The van der Waals surface area contributed by atoms with Crippen molar-refractivity contribution in [2.45, 2.75) is 39.3 Å².